The van der Waals surface area contributed by atoms with Gasteiger partial charge in [0.05, 0.1) is 7.11 Å². The fourth-order valence-corrected chi connectivity index (χ4v) is 5.51. The summed E-state index contributed by atoms with van der Waals surface area (Å²) in [6.45, 7) is 1.06. The lowest BCUT2D eigenvalue weighted by Crippen LogP contribution is -2.35. The van der Waals surface area contributed by atoms with E-state index in [1.165, 1.54) is 26.5 Å². The van der Waals surface area contributed by atoms with Crippen LogP contribution in [0.25, 0.3) is 11.1 Å². The fraction of sp³-hybridized carbons (Fsp3) is 0.250. The lowest BCUT2D eigenvalue weighted by Gasteiger charge is -2.40. The molecule has 1 aliphatic heterocycles. The van der Waals surface area contributed by atoms with Crippen LogP contribution < -0.4 is 4.74 Å². The van der Waals surface area contributed by atoms with Crippen LogP contribution in [0.2, 0.25) is 0 Å². The van der Waals surface area contributed by atoms with Crippen molar-refractivity contribution in [1.29, 1.82) is 0 Å². The second-order valence-electron chi connectivity index (χ2n) is 7.56. The number of methoxy groups -OCH3 is 1. The van der Waals surface area contributed by atoms with E-state index in [1.807, 2.05) is 12.1 Å². The first-order valence-corrected chi connectivity index (χ1v) is 10.5. The molecule has 1 heterocycles. The van der Waals surface area contributed by atoms with Crippen molar-refractivity contribution in [3.05, 3.63) is 71.3 Å². The number of rotatable bonds is 3. The van der Waals surface area contributed by atoms with E-state index in [1.54, 1.807) is 18.9 Å². The number of phenolic OH excluding ortho intramolecular Hbond substituents is 1. The number of likely N-dealkylation sites (N-methyl/N-ethyl adjacent to an activating group) is 1. The zero-order valence-corrected chi connectivity index (χ0v) is 16.9. The Kier molecular flexibility index (Phi) is 4.33. The van der Waals surface area contributed by atoms with E-state index < -0.39 is 0 Å². The summed E-state index contributed by atoms with van der Waals surface area (Å²) in [7, 11) is 3.82. The number of ether oxygens (including phenoxy) is 1. The van der Waals surface area contributed by atoms with Gasteiger partial charge in [-0.05, 0) is 72.5 Å². The Labute approximate surface area is 170 Å². The van der Waals surface area contributed by atoms with Gasteiger partial charge in [-0.3, -0.25) is 4.90 Å². The van der Waals surface area contributed by atoms with E-state index in [0.29, 0.717) is 11.8 Å². The van der Waals surface area contributed by atoms with Crippen LogP contribution in [-0.2, 0) is 12.8 Å². The van der Waals surface area contributed by atoms with E-state index in [0.717, 1.165) is 30.5 Å². The summed E-state index contributed by atoms with van der Waals surface area (Å²) in [4.78, 5) is 4.89. The number of hydrogen-bond acceptors (Lipinski definition) is 4. The molecule has 0 amide bonds. The Balaban J connectivity index is 1.71. The summed E-state index contributed by atoms with van der Waals surface area (Å²) >= 11 is 1.78. The highest BCUT2D eigenvalue weighted by atomic mass is 32.2. The van der Waals surface area contributed by atoms with E-state index in [4.69, 9.17) is 4.74 Å². The molecule has 0 spiro atoms. The molecule has 0 aromatic heterocycles. The van der Waals surface area contributed by atoms with Crippen molar-refractivity contribution in [2.45, 2.75) is 28.7 Å². The molecule has 0 saturated heterocycles. The molecule has 142 valence electrons. The van der Waals surface area contributed by atoms with Gasteiger partial charge in [0.25, 0.3) is 0 Å². The molecule has 0 unspecified atom stereocenters. The van der Waals surface area contributed by atoms with E-state index in [9.17, 15) is 5.11 Å². The van der Waals surface area contributed by atoms with Gasteiger partial charge in [-0.15, -0.1) is 0 Å². The minimum absolute atomic E-state index is 0.260. The molecule has 3 nitrogen and oxygen atoms in total. The Morgan fingerprint density at radius 2 is 1.86 bits per heavy atom. The molecule has 3 aromatic carbocycles. The van der Waals surface area contributed by atoms with E-state index in [2.05, 4.69) is 54.4 Å². The summed E-state index contributed by atoms with van der Waals surface area (Å²) < 4.78 is 5.40. The van der Waals surface area contributed by atoms with Crippen LogP contribution in [0.1, 0.15) is 22.7 Å². The Bertz CT molecular complexity index is 1050. The monoisotopic (exact) mass is 389 g/mol. The summed E-state index contributed by atoms with van der Waals surface area (Å²) in [5.74, 6) is 0.798. The third-order valence-electron chi connectivity index (χ3n) is 5.95. The number of benzene rings is 3. The Morgan fingerprint density at radius 1 is 1.04 bits per heavy atom. The van der Waals surface area contributed by atoms with E-state index in [-0.39, 0.29) is 5.75 Å². The number of aromatic hydroxyl groups is 1. The number of hydrogen-bond donors (Lipinski definition) is 1. The molecule has 0 fully saturated rings. The van der Waals surface area contributed by atoms with Crippen molar-refractivity contribution >= 4 is 11.8 Å². The summed E-state index contributed by atoms with van der Waals surface area (Å²) in [5.41, 5.74) is 6.08. The number of fused-ring (bicyclic) bond motifs is 2. The summed E-state index contributed by atoms with van der Waals surface area (Å²) in [5, 5.41) is 11.0. The van der Waals surface area contributed by atoms with Gasteiger partial charge in [0.15, 0.2) is 11.5 Å². The molecular formula is C24H23NO2S. The normalized spacial score (nSPS) is 17.7. The first kappa shape index (κ1) is 17.7. The van der Waals surface area contributed by atoms with Crippen LogP contribution in [0.3, 0.4) is 0 Å². The topological polar surface area (TPSA) is 32.7 Å². The summed E-state index contributed by atoms with van der Waals surface area (Å²) in [6, 6.07) is 19.4. The van der Waals surface area contributed by atoms with Crippen LogP contribution in [0.5, 0.6) is 11.5 Å². The second kappa shape index (κ2) is 6.87. The first-order chi connectivity index (χ1) is 13.7. The van der Waals surface area contributed by atoms with Crippen molar-refractivity contribution in [3.8, 4) is 22.6 Å². The lowest BCUT2D eigenvalue weighted by atomic mass is 9.77. The molecule has 2 aliphatic rings. The van der Waals surface area contributed by atoms with Gasteiger partial charge < -0.3 is 9.84 Å². The van der Waals surface area contributed by atoms with Crippen molar-refractivity contribution in [2.75, 3.05) is 20.7 Å². The van der Waals surface area contributed by atoms with Gasteiger partial charge in [-0.1, -0.05) is 36.0 Å². The molecular weight excluding hydrogens is 366 g/mol. The minimum atomic E-state index is 0.260. The fourth-order valence-electron chi connectivity index (χ4n) is 4.56. The number of nitrogens with zero attached hydrogens (tertiary/aromatic N) is 1. The zero-order valence-electron chi connectivity index (χ0n) is 16.1. The van der Waals surface area contributed by atoms with Crippen molar-refractivity contribution in [1.82, 2.24) is 4.90 Å². The van der Waals surface area contributed by atoms with Crippen LogP contribution in [0.15, 0.2) is 64.4 Å². The SMILES string of the molecule is COc1ccc2c(c1O)-c1cc(Sc3ccccc3)cc3c1[C@@H](C2)N(C)CC3. The molecule has 28 heavy (non-hydrogen) atoms. The van der Waals surface area contributed by atoms with Crippen LogP contribution in [0, 0.1) is 0 Å². The standard InChI is InChI=1S/C24H23NO2S/c1-25-11-10-16-12-18(28-17-6-4-3-5-7-17)14-19-22(16)20(25)13-15-8-9-21(27-2)24(26)23(15)19/h3-9,12,14,20,26H,10-11,13H2,1-2H3/t20-/m1/s1. The maximum absolute atomic E-state index is 11.0. The molecule has 1 N–H and O–H groups in total. The van der Waals surface area contributed by atoms with Crippen molar-refractivity contribution in [3.63, 3.8) is 0 Å². The number of phenols is 1. The second-order valence-corrected chi connectivity index (χ2v) is 8.71. The van der Waals surface area contributed by atoms with Crippen LogP contribution >= 0.6 is 11.8 Å². The molecule has 5 rings (SSSR count). The molecule has 0 radical (unpaired) electrons. The predicted molar refractivity (Wildman–Crippen MR) is 113 cm³/mol. The van der Waals surface area contributed by atoms with Crippen molar-refractivity contribution < 1.29 is 9.84 Å². The average Bonchev–Trinajstić information content (AvgIpc) is 2.71. The quantitative estimate of drug-likeness (QED) is 0.658. The highest BCUT2D eigenvalue weighted by molar-refractivity contribution is 7.99. The molecule has 0 bridgehead atoms. The highest BCUT2D eigenvalue weighted by Crippen LogP contribution is 2.51. The van der Waals surface area contributed by atoms with Gasteiger partial charge in [0.2, 0.25) is 0 Å². The maximum Gasteiger partial charge on any atom is 0.165 e. The molecule has 1 atom stereocenters. The smallest absolute Gasteiger partial charge is 0.165 e. The molecule has 0 saturated carbocycles. The average molecular weight is 390 g/mol. The highest BCUT2D eigenvalue weighted by Gasteiger charge is 2.35. The minimum Gasteiger partial charge on any atom is -0.504 e. The van der Waals surface area contributed by atoms with Gasteiger partial charge in [0.1, 0.15) is 0 Å². The molecule has 1 aliphatic carbocycles. The predicted octanol–water partition coefficient (Wildman–Crippen LogP) is 5.30. The van der Waals surface area contributed by atoms with Crippen molar-refractivity contribution in [2.24, 2.45) is 0 Å². The van der Waals surface area contributed by atoms with Crippen LogP contribution in [-0.4, -0.2) is 30.7 Å². The first-order valence-electron chi connectivity index (χ1n) is 9.65. The van der Waals surface area contributed by atoms with Gasteiger partial charge in [-0.2, -0.15) is 0 Å². The van der Waals surface area contributed by atoms with Gasteiger partial charge in [-0.25, -0.2) is 0 Å². The maximum atomic E-state index is 11.0. The van der Waals surface area contributed by atoms with Gasteiger partial charge in [0, 0.05) is 27.9 Å². The van der Waals surface area contributed by atoms with Crippen LogP contribution in [0.4, 0.5) is 0 Å². The Morgan fingerprint density at radius 3 is 2.64 bits per heavy atom. The van der Waals surface area contributed by atoms with Gasteiger partial charge >= 0.3 is 0 Å². The van der Waals surface area contributed by atoms with E-state index >= 15 is 0 Å². The molecule has 3 aromatic rings. The summed E-state index contributed by atoms with van der Waals surface area (Å²) in [6.07, 6.45) is 1.97. The molecule has 4 heteroatoms. The zero-order chi connectivity index (χ0) is 19.3. The third-order valence-corrected chi connectivity index (χ3v) is 6.93. The Hall–Kier alpha value is -2.43. The largest absolute Gasteiger partial charge is 0.504 e. The lowest BCUT2D eigenvalue weighted by molar-refractivity contribution is 0.227. The third kappa shape index (κ3) is 2.79.